The molecule has 21 heavy (non-hydrogen) atoms. The number of hydrogen-bond acceptors (Lipinski definition) is 5. The van der Waals surface area contributed by atoms with Gasteiger partial charge in [-0.05, 0) is 38.1 Å². The van der Waals surface area contributed by atoms with Crippen molar-refractivity contribution in [3.05, 3.63) is 23.8 Å². The van der Waals surface area contributed by atoms with Gasteiger partial charge < -0.3 is 20.4 Å². The van der Waals surface area contributed by atoms with Gasteiger partial charge in [0, 0.05) is 12.6 Å². The highest BCUT2D eigenvalue weighted by molar-refractivity contribution is 5.99. The number of nitrogens with two attached hydrogens (primary N) is 1. The molecule has 6 heteroatoms. The Morgan fingerprint density at radius 2 is 2.10 bits per heavy atom. The van der Waals surface area contributed by atoms with E-state index in [1.165, 1.54) is 19.3 Å². The Labute approximate surface area is 125 Å². The summed E-state index contributed by atoms with van der Waals surface area (Å²) in [6.45, 7) is 3.72. The zero-order valence-electron chi connectivity index (χ0n) is 12.4. The van der Waals surface area contributed by atoms with Gasteiger partial charge in [0.15, 0.2) is 5.84 Å². The first kappa shape index (κ1) is 15.4. The number of methoxy groups -OCH3 is 1. The van der Waals surface area contributed by atoms with Crippen LogP contribution < -0.4 is 15.2 Å². The van der Waals surface area contributed by atoms with Crippen molar-refractivity contribution in [2.45, 2.75) is 19.3 Å². The molecule has 0 bridgehead atoms. The van der Waals surface area contributed by atoms with Gasteiger partial charge in [0.1, 0.15) is 18.1 Å². The maximum Gasteiger partial charge on any atom is 0.173 e. The van der Waals surface area contributed by atoms with E-state index in [1.807, 2.05) is 0 Å². The van der Waals surface area contributed by atoms with Gasteiger partial charge >= 0.3 is 0 Å². The van der Waals surface area contributed by atoms with Crippen LogP contribution in [0.2, 0.25) is 0 Å². The number of likely N-dealkylation sites (tertiary alicyclic amines) is 1. The normalized spacial score (nSPS) is 16.7. The van der Waals surface area contributed by atoms with Crippen molar-refractivity contribution >= 4 is 5.84 Å². The summed E-state index contributed by atoms with van der Waals surface area (Å²) in [5.41, 5.74) is 6.24. The fourth-order valence-electron chi connectivity index (χ4n) is 2.48. The number of rotatable bonds is 6. The van der Waals surface area contributed by atoms with Crippen LogP contribution in [0.5, 0.6) is 11.5 Å². The van der Waals surface area contributed by atoms with Crippen LogP contribution in [0.25, 0.3) is 0 Å². The van der Waals surface area contributed by atoms with Crippen molar-refractivity contribution in [3.63, 3.8) is 0 Å². The summed E-state index contributed by atoms with van der Waals surface area (Å²) in [6.07, 6.45) is 3.84. The van der Waals surface area contributed by atoms with E-state index in [0.29, 0.717) is 23.7 Å². The van der Waals surface area contributed by atoms with Crippen molar-refractivity contribution < 1.29 is 14.7 Å². The molecule has 1 aliphatic heterocycles. The van der Waals surface area contributed by atoms with E-state index in [9.17, 15) is 0 Å². The number of nitrogens with zero attached hydrogens (tertiary/aromatic N) is 2. The van der Waals surface area contributed by atoms with Crippen molar-refractivity contribution in [1.82, 2.24) is 4.90 Å². The van der Waals surface area contributed by atoms with Crippen LogP contribution in [0.1, 0.15) is 24.8 Å². The van der Waals surface area contributed by atoms with Crippen LogP contribution >= 0.6 is 0 Å². The molecular weight excluding hydrogens is 270 g/mol. The standard InChI is InChI=1S/C15H23N3O3/c1-20-12-5-6-13(15(16)17-19)14(11-12)21-10-9-18-7-3-2-4-8-18/h5-6,11,19H,2-4,7-10H2,1H3,(H2,16,17). The number of amidine groups is 1. The lowest BCUT2D eigenvalue weighted by Crippen LogP contribution is -2.33. The van der Waals surface area contributed by atoms with Crippen LogP contribution in [-0.2, 0) is 0 Å². The molecule has 0 aromatic heterocycles. The third kappa shape index (κ3) is 4.26. The van der Waals surface area contributed by atoms with Gasteiger partial charge in [-0.3, -0.25) is 4.90 Å². The lowest BCUT2D eigenvalue weighted by molar-refractivity contribution is 0.183. The maximum absolute atomic E-state index is 8.84. The van der Waals surface area contributed by atoms with Crippen LogP contribution in [0, 0.1) is 0 Å². The average molecular weight is 293 g/mol. The first-order valence-corrected chi connectivity index (χ1v) is 7.25. The van der Waals surface area contributed by atoms with Crippen molar-refractivity contribution in [2.75, 3.05) is 33.4 Å². The van der Waals surface area contributed by atoms with Crippen LogP contribution in [0.15, 0.2) is 23.4 Å². The molecule has 0 saturated carbocycles. The SMILES string of the molecule is COc1ccc(/C(N)=N/O)c(OCCN2CCCCC2)c1. The predicted octanol–water partition coefficient (Wildman–Crippen LogP) is 1.65. The minimum atomic E-state index is 0.0330. The Balaban J connectivity index is 1.99. The molecule has 0 spiro atoms. The summed E-state index contributed by atoms with van der Waals surface area (Å²) in [6, 6.07) is 5.23. The average Bonchev–Trinajstić information content (AvgIpc) is 2.55. The smallest absolute Gasteiger partial charge is 0.173 e. The second kappa shape index (κ2) is 7.73. The summed E-state index contributed by atoms with van der Waals surface area (Å²) in [5, 5.41) is 11.9. The van der Waals surface area contributed by atoms with Crippen molar-refractivity contribution in [3.8, 4) is 11.5 Å². The molecule has 116 valence electrons. The Kier molecular flexibility index (Phi) is 5.68. The van der Waals surface area contributed by atoms with Crippen LogP contribution in [0.4, 0.5) is 0 Å². The van der Waals surface area contributed by atoms with Gasteiger partial charge in [0.25, 0.3) is 0 Å². The van der Waals surface area contributed by atoms with E-state index in [0.717, 1.165) is 19.6 Å². The topological polar surface area (TPSA) is 80.3 Å². The second-order valence-electron chi connectivity index (χ2n) is 5.10. The Morgan fingerprint density at radius 3 is 2.76 bits per heavy atom. The fourth-order valence-corrected chi connectivity index (χ4v) is 2.48. The van der Waals surface area contributed by atoms with Gasteiger partial charge in [-0.15, -0.1) is 0 Å². The lowest BCUT2D eigenvalue weighted by Gasteiger charge is -2.26. The van der Waals surface area contributed by atoms with E-state index in [-0.39, 0.29) is 5.84 Å². The van der Waals surface area contributed by atoms with E-state index in [1.54, 1.807) is 25.3 Å². The Bertz CT molecular complexity index is 485. The quantitative estimate of drug-likeness (QED) is 0.361. The predicted molar refractivity (Wildman–Crippen MR) is 81.3 cm³/mol. The van der Waals surface area contributed by atoms with Crippen LogP contribution in [0.3, 0.4) is 0 Å². The molecule has 0 atom stereocenters. The van der Waals surface area contributed by atoms with Crippen molar-refractivity contribution in [1.29, 1.82) is 0 Å². The molecule has 6 nitrogen and oxygen atoms in total. The number of benzene rings is 1. The van der Waals surface area contributed by atoms with Gasteiger partial charge in [-0.2, -0.15) is 0 Å². The molecule has 2 rings (SSSR count). The molecule has 3 N–H and O–H groups in total. The summed E-state index contributed by atoms with van der Waals surface area (Å²) < 4.78 is 11.0. The van der Waals surface area contributed by atoms with Gasteiger partial charge in [0.05, 0.1) is 12.7 Å². The van der Waals surface area contributed by atoms with E-state index in [4.69, 9.17) is 20.4 Å². The maximum atomic E-state index is 8.84. The summed E-state index contributed by atoms with van der Waals surface area (Å²) >= 11 is 0. The lowest BCUT2D eigenvalue weighted by atomic mass is 10.1. The Morgan fingerprint density at radius 1 is 1.33 bits per heavy atom. The highest BCUT2D eigenvalue weighted by Gasteiger charge is 2.12. The largest absolute Gasteiger partial charge is 0.497 e. The number of ether oxygens (including phenoxy) is 2. The molecule has 0 amide bonds. The summed E-state index contributed by atoms with van der Waals surface area (Å²) in [7, 11) is 1.59. The number of oxime groups is 1. The monoisotopic (exact) mass is 293 g/mol. The summed E-state index contributed by atoms with van der Waals surface area (Å²) in [5.74, 6) is 1.28. The van der Waals surface area contributed by atoms with Gasteiger partial charge in [-0.25, -0.2) is 0 Å². The van der Waals surface area contributed by atoms with Crippen LogP contribution in [-0.4, -0.2) is 49.3 Å². The molecule has 1 aliphatic rings. The number of piperidine rings is 1. The molecular formula is C15H23N3O3. The van der Waals surface area contributed by atoms with E-state index < -0.39 is 0 Å². The third-order valence-electron chi connectivity index (χ3n) is 3.69. The zero-order chi connectivity index (χ0) is 15.1. The second-order valence-corrected chi connectivity index (χ2v) is 5.10. The first-order chi connectivity index (χ1) is 10.2. The van der Waals surface area contributed by atoms with Gasteiger partial charge in [0.2, 0.25) is 0 Å². The summed E-state index contributed by atoms with van der Waals surface area (Å²) in [4.78, 5) is 2.40. The Hall–Kier alpha value is -1.95. The van der Waals surface area contributed by atoms with Crippen molar-refractivity contribution in [2.24, 2.45) is 10.9 Å². The molecule has 0 aliphatic carbocycles. The molecule has 1 aromatic rings. The molecule has 1 heterocycles. The zero-order valence-corrected chi connectivity index (χ0v) is 12.4. The van der Waals surface area contributed by atoms with E-state index in [2.05, 4.69) is 10.1 Å². The minimum Gasteiger partial charge on any atom is -0.497 e. The van der Waals surface area contributed by atoms with Gasteiger partial charge in [-0.1, -0.05) is 11.6 Å². The highest BCUT2D eigenvalue weighted by Crippen LogP contribution is 2.24. The molecule has 1 saturated heterocycles. The first-order valence-electron chi connectivity index (χ1n) is 7.25. The van der Waals surface area contributed by atoms with E-state index >= 15 is 0 Å². The molecule has 0 unspecified atom stereocenters. The molecule has 1 aromatic carbocycles. The third-order valence-corrected chi connectivity index (χ3v) is 3.69. The minimum absolute atomic E-state index is 0.0330. The molecule has 0 radical (unpaired) electrons. The fraction of sp³-hybridized carbons (Fsp3) is 0.533. The number of hydrogen-bond donors (Lipinski definition) is 2. The highest BCUT2D eigenvalue weighted by atomic mass is 16.5. The molecule has 1 fully saturated rings.